The van der Waals surface area contributed by atoms with Crippen LogP contribution in [0.2, 0.25) is 0 Å². The topological polar surface area (TPSA) is 127 Å². The summed E-state index contributed by atoms with van der Waals surface area (Å²) in [5, 5.41) is 2.48. The van der Waals surface area contributed by atoms with Gasteiger partial charge in [-0.1, -0.05) is 12.1 Å². The van der Waals surface area contributed by atoms with Gasteiger partial charge in [-0.25, -0.2) is 13.2 Å². The smallest absolute Gasteiger partial charge is 0.325 e. The second kappa shape index (κ2) is 6.37. The number of nitrogens with one attached hydrogen (secondary N) is 1. The molecule has 1 aromatic rings. The lowest BCUT2D eigenvalue weighted by atomic mass is 10.1. The van der Waals surface area contributed by atoms with Gasteiger partial charge >= 0.3 is 6.03 Å². The van der Waals surface area contributed by atoms with E-state index >= 15 is 0 Å². The maximum absolute atomic E-state index is 12.2. The van der Waals surface area contributed by atoms with Crippen LogP contribution >= 0.6 is 0 Å². The van der Waals surface area contributed by atoms with Gasteiger partial charge in [0, 0.05) is 11.8 Å². The van der Waals surface area contributed by atoms with Gasteiger partial charge in [0.05, 0.1) is 12.3 Å². The van der Waals surface area contributed by atoms with E-state index in [0.29, 0.717) is 11.1 Å². The largest absolute Gasteiger partial charge is 0.366 e. The molecule has 1 heterocycles. The highest BCUT2D eigenvalue weighted by Crippen LogP contribution is 2.15. The zero-order valence-electron chi connectivity index (χ0n) is 12.5. The van der Waals surface area contributed by atoms with Crippen LogP contribution in [-0.2, 0) is 21.2 Å². The second-order valence-electron chi connectivity index (χ2n) is 5.41. The number of imide groups is 1. The van der Waals surface area contributed by atoms with Crippen LogP contribution in [-0.4, -0.2) is 49.2 Å². The summed E-state index contributed by atoms with van der Waals surface area (Å²) in [5.41, 5.74) is 6.13. The van der Waals surface area contributed by atoms with Gasteiger partial charge in [0.2, 0.25) is 5.91 Å². The fourth-order valence-corrected chi connectivity index (χ4v) is 2.88. The highest BCUT2D eigenvalue weighted by molar-refractivity contribution is 7.90. The van der Waals surface area contributed by atoms with Crippen LogP contribution < -0.4 is 11.1 Å². The highest BCUT2D eigenvalue weighted by Gasteiger charge is 2.37. The van der Waals surface area contributed by atoms with E-state index in [1.54, 1.807) is 12.1 Å². The summed E-state index contributed by atoms with van der Waals surface area (Å²) < 4.78 is 22.3. The van der Waals surface area contributed by atoms with Gasteiger partial charge in [-0.05, 0) is 24.1 Å². The number of sulfone groups is 1. The van der Waals surface area contributed by atoms with E-state index in [1.165, 1.54) is 12.1 Å². The Balaban J connectivity index is 2.04. The van der Waals surface area contributed by atoms with Crippen molar-refractivity contribution in [2.75, 3.05) is 12.0 Å². The van der Waals surface area contributed by atoms with E-state index in [2.05, 4.69) is 5.32 Å². The maximum atomic E-state index is 12.2. The number of nitrogens with zero attached hydrogens (tertiary/aromatic N) is 1. The molecule has 4 amide bonds. The minimum Gasteiger partial charge on any atom is -0.366 e. The van der Waals surface area contributed by atoms with Crippen LogP contribution in [0.5, 0.6) is 0 Å². The first kappa shape index (κ1) is 16.9. The van der Waals surface area contributed by atoms with Gasteiger partial charge < -0.3 is 11.1 Å². The summed E-state index contributed by atoms with van der Waals surface area (Å²) >= 11 is 0. The minimum absolute atomic E-state index is 0.0408. The van der Waals surface area contributed by atoms with E-state index in [1.807, 2.05) is 0 Å². The summed E-state index contributed by atoms with van der Waals surface area (Å²) in [6.45, 7) is 0.0408. The molecule has 1 fully saturated rings. The number of carbonyl (C=O) groups excluding carboxylic acids is 3. The molecule has 1 saturated heterocycles. The minimum atomic E-state index is -3.21. The molecular weight excluding hydrogens is 322 g/mol. The summed E-state index contributed by atoms with van der Waals surface area (Å²) in [6.07, 6.45) is 1.12. The quantitative estimate of drug-likeness (QED) is 0.684. The first-order chi connectivity index (χ1) is 10.7. The Morgan fingerprint density at radius 2 is 1.87 bits per heavy atom. The summed E-state index contributed by atoms with van der Waals surface area (Å²) in [6, 6.07) is 4.83. The van der Waals surface area contributed by atoms with Gasteiger partial charge in [0.15, 0.2) is 0 Å². The average molecular weight is 339 g/mol. The van der Waals surface area contributed by atoms with Crippen molar-refractivity contribution in [2.45, 2.75) is 19.0 Å². The number of nitrogens with two attached hydrogens (primary N) is 1. The molecule has 9 heteroatoms. The van der Waals surface area contributed by atoms with Crippen molar-refractivity contribution in [3.05, 3.63) is 35.4 Å². The molecule has 1 aliphatic rings. The van der Waals surface area contributed by atoms with Crippen LogP contribution in [0.4, 0.5) is 4.79 Å². The zero-order valence-corrected chi connectivity index (χ0v) is 13.3. The predicted octanol–water partition coefficient (Wildman–Crippen LogP) is -0.359. The molecule has 1 atom stereocenters. The number of hydrogen-bond acceptors (Lipinski definition) is 5. The van der Waals surface area contributed by atoms with Crippen LogP contribution in [0.1, 0.15) is 22.3 Å². The number of benzene rings is 1. The first-order valence-corrected chi connectivity index (χ1v) is 8.92. The van der Waals surface area contributed by atoms with Crippen molar-refractivity contribution in [2.24, 2.45) is 5.73 Å². The molecule has 0 spiro atoms. The average Bonchev–Trinajstić information content (AvgIpc) is 2.72. The fourth-order valence-electron chi connectivity index (χ4n) is 2.21. The van der Waals surface area contributed by atoms with E-state index in [4.69, 9.17) is 5.73 Å². The summed E-state index contributed by atoms with van der Waals surface area (Å²) in [4.78, 5) is 36.1. The van der Waals surface area contributed by atoms with Gasteiger partial charge in [-0.3, -0.25) is 14.5 Å². The summed E-state index contributed by atoms with van der Waals surface area (Å²) in [5.74, 6) is -1.20. The highest BCUT2D eigenvalue weighted by atomic mass is 32.2. The third-order valence-electron chi connectivity index (χ3n) is 3.46. The molecule has 8 nitrogen and oxygen atoms in total. The molecule has 1 aliphatic heterocycles. The first-order valence-electron chi connectivity index (χ1n) is 6.86. The van der Waals surface area contributed by atoms with Gasteiger partial charge in [0.1, 0.15) is 15.9 Å². The Kier molecular flexibility index (Phi) is 4.69. The Morgan fingerprint density at radius 3 is 2.39 bits per heavy atom. The monoisotopic (exact) mass is 339 g/mol. The third-order valence-corrected chi connectivity index (χ3v) is 4.44. The summed E-state index contributed by atoms with van der Waals surface area (Å²) in [7, 11) is -3.21. The van der Waals surface area contributed by atoms with Gasteiger partial charge in [-0.15, -0.1) is 0 Å². The lowest BCUT2D eigenvalue weighted by Gasteiger charge is -2.13. The third kappa shape index (κ3) is 4.28. The number of carbonyl (C=O) groups is 3. The van der Waals surface area contributed by atoms with Crippen LogP contribution in [0.15, 0.2) is 24.3 Å². The van der Waals surface area contributed by atoms with Gasteiger partial charge in [-0.2, -0.15) is 0 Å². The Labute approximate surface area is 133 Å². The number of urea groups is 1. The normalized spacial score (nSPS) is 18.1. The molecule has 0 aliphatic carbocycles. The fraction of sp³-hybridized carbons (Fsp3) is 0.357. The van der Waals surface area contributed by atoms with Crippen molar-refractivity contribution in [3.63, 3.8) is 0 Å². The molecule has 2 rings (SSSR count). The molecule has 1 aromatic carbocycles. The predicted molar refractivity (Wildman–Crippen MR) is 82.2 cm³/mol. The number of amides is 4. The lowest BCUT2D eigenvalue weighted by molar-refractivity contribution is -0.127. The number of hydrogen-bond donors (Lipinski definition) is 2. The van der Waals surface area contributed by atoms with E-state index in [0.717, 1.165) is 11.2 Å². The maximum Gasteiger partial charge on any atom is 0.325 e. The molecule has 23 heavy (non-hydrogen) atoms. The molecule has 0 aromatic heterocycles. The standard InChI is InChI=1S/C14H17N3O5S/c1-23(21,22)7-6-11-13(19)17(14(20)16-11)8-9-2-4-10(5-3-9)12(15)18/h2-5,11H,6-8H2,1H3,(H2,15,18)(H,16,20). The van der Waals surface area contributed by atoms with Crippen molar-refractivity contribution in [1.29, 1.82) is 0 Å². The Bertz CT molecular complexity index is 742. The van der Waals surface area contributed by atoms with Crippen molar-refractivity contribution in [1.82, 2.24) is 10.2 Å². The van der Waals surface area contributed by atoms with E-state index in [-0.39, 0.29) is 18.7 Å². The van der Waals surface area contributed by atoms with Crippen molar-refractivity contribution in [3.8, 4) is 0 Å². The molecule has 1 unspecified atom stereocenters. The van der Waals surface area contributed by atoms with Crippen LogP contribution in [0.25, 0.3) is 0 Å². The number of rotatable bonds is 6. The molecular formula is C14H17N3O5S. The van der Waals surface area contributed by atoms with Crippen LogP contribution in [0.3, 0.4) is 0 Å². The second-order valence-corrected chi connectivity index (χ2v) is 7.67. The SMILES string of the molecule is CS(=O)(=O)CCC1NC(=O)N(Cc2ccc(C(N)=O)cc2)C1=O. The molecule has 3 N–H and O–H groups in total. The molecule has 0 bridgehead atoms. The van der Waals surface area contributed by atoms with Crippen molar-refractivity contribution < 1.29 is 22.8 Å². The molecule has 0 saturated carbocycles. The van der Waals surface area contributed by atoms with E-state index in [9.17, 15) is 22.8 Å². The van der Waals surface area contributed by atoms with E-state index < -0.39 is 33.7 Å². The zero-order chi connectivity index (χ0) is 17.2. The van der Waals surface area contributed by atoms with Crippen molar-refractivity contribution >= 4 is 27.7 Å². The Morgan fingerprint density at radius 1 is 1.26 bits per heavy atom. The van der Waals surface area contributed by atoms with Crippen LogP contribution in [0, 0.1) is 0 Å². The Hall–Kier alpha value is -2.42. The lowest BCUT2D eigenvalue weighted by Crippen LogP contribution is -2.32. The molecule has 124 valence electrons. The number of primary amides is 1. The molecule has 0 radical (unpaired) electrons. The van der Waals surface area contributed by atoms with Gasteiger partial charge in [0.25, 0.3) is 5.91 Å².